The Morgan fingerprint density at radius 2 is 1.55 bits per heavy atom. The van der Waals surface area contributed by atoms with Crippen LogP contribution in [0.25, 0.3) is 0 Å². The van der Waals surface area contributed by atoms with Crippen LogP contribution in [0.3, 0.4) is 0 Å². The molecule has 2 amide bonds. The number of benzene rings is 3. The van der Waals surface area contributed by atoms with Crippen molar-refractivity contribution in [2.24, 2.45) is 0 Å². The van der Waals surface area contributed by atoms with Crippen LogP contribution in [0.4, 0.5) is 5.69 Å². The molecule has 0 fully saturated rings. The number of ether oxygens (including phenoxy) is 1. The predicted molar refractivity (Wildman–Crippen MR) is 117 cm³/mol. The normalized spacial score (nSPS) is 10.8. The number of hydrogen-bond donors (Lipinski definition) is 3. The molecule has 0 aliphatic carbocycles. The fourth-order valence-electron chi connectivity index (χ4n) is 2.64. The molecule has 0 aliphatic heterocycles. The quantitative estimate of drug-likeness (QED) is 0.490. The first-order chi connectivity index (χ1) is 14.8. The molecule has 0 aromatic heterocycles. The second-order valence-electron chi connectivity index (χ2n) is 6.22. The average molecular weight is 460 g/mol. The summed E-state index contributed by atoms with van der Waals surface area (Å²) < 4.78 is 32.8. The SMILES string of the molecule is COc1ccccc1C(=O)NNC(=O)c1cccc(S(=O)(=O)Nc2ccccc2Cl)c1. The van der Waals surface area contributed by atoms with E-state index in [1.807, 2.05) is 0 Å². The van der Waals surface area contributed by atoms with Gasteiger partial charge in [-0.15, -0.1) is 0 Å². The first-order valence-corrected chi connectivity index (χ1v) is 10.8. The second kappa shape index (κ2) is 9.50. The number of hydrazine groups is 1. The first-order valence-electron chi connectivity index (χ1n) is 8.93. The molecule has 0 unspecified atom stereocenters. The van der Waals surface area contributed by atoms with Gasteiger partial charge in [0.2, 0.25) is 0 Å². The number of para-hydroxylation sites is 2. The van der Waals surface area contributed by atoms with Crippen LogP contribution in [0.5, 0.6) is 5.75 Å². The number of methoxy groups -OCH3 is 1. The maximum Gasteiger partial charge on any atom is 0.273 e. The molecule has 3 aromatic rings. The Morgan fingerprint density at radius 1 is 0.871 bits per heavy atom. The Balaban J connectivity index is 1.73. The van der Waals surface area contributed by atoms with Crippen molar-refractivity contribution in [2.45, 2.75) is 4.90 Å². The maximum absolute atomic E-state index is 12.7. The molecular weight excluding hydrogens is 442 g/mol. The Labute approximate surface area is 184 Å². The van der Waals surface area contributed by atoms with E-state index >= 15 is 0 Å². The highest BCUT2D eigenvalue weighted by molar-refractivity contribution is 7.92. The standard InChI is InChI=1S/C21H18ClN3O5S/c1-30-19-12-5-2-9-16(19)21(27)24-23-20(26)14-7-6-8-15(13-14)31(28,29)25-18-11-4-3-10-17(18)22/h2-13,25H,1H3,(H,23,26)(H,24,27). The third kappa shape index (κ3) is 5.33. The van der Waals surface area contributed by atoms with Gasteiger partial charge in [0.15, 0.2) is 0 Å². The summed E-state index contributed by atoms with van der Waals surface area (Å²) >= 11 is 6.00. The summed E-state index contributed by atoms with van der Waals surface area (Å²) in [6.07, 6.45) is 0. The van der Waals surface area contributed by atoms with Gasteiger partial charge in [-0.3, -0.25) is 25.2 Å². The van der Waals surface area contributed by atoms with Crippen molar-refractivity contribution in [1.82, 2.24) is 10.9 Å². The lowest BCUT2D eigenvalue weighted by atomic mass is 10.2. The molecule has 0 saturated carbocycles. The zero-order valence-electron chi connectivity index (χ0n) is 16.3. The van der Waals surface area contributed by atoms with E-state index < -0.39 is 21.8 Å². The highest BCUT2D eigenvalue weighted by Gasteiger charge is 2.18. The Bertz CT molecular complexity index is 1230. The third-order valence-corrected chi connectivity index (χ3v) is 5.86. The number of anilines is 1. The number of rotatable bonds is 6. The molecule has 3 N–H and O–H groups in total. The fourth-order valence-corrected chi connectivity index (χ4v) is 4.00. The Morgan fingerprint density at radius 3 is 2.29 bits per heavy atom. The van der Waals surface area contributed by atoms with Crippen molar-refractivity contribution in [3.63, 3.8) is 0 Å². The lowest BCUT2D eigenvalue weighted by molar-refractivity contribution is 0.0845. The van der Waals surface area contributed by atoms with E-state index in [1.54, 1.807) is 36.4 Å². The minimum Gasteiger partial charge on any atom is -0.496 e. The molecule has 31 heavy (non-hydrogen) atoms. The summed E-state index contributed by atoms with van der Waals surface area (Å²) in [5.41, 5.74) is 5.00. The zero-order valence-corrected chi connectivity index (χ0v) is 17.8. The van der Waals surface area contributed by atoms with Gasteiger partial charge in [0.25, 0.3) is 21.8 Å². The van der Waals surface area contributed by atoms with Crippen molar-refractivity contribution >= 4 is 39.1 Å². The lowest BCUT2D eigenvalue weighted by Gasteiger charge is -2.12. The smallest absolute Gasteiger partial charge is 0.273 e. The minimum absolute atomic E-state index is 0.0300. The summed E-state index contributed by atoms with van der Waals surface area (Å²) in [6, 6.07) is 18.2. The van der Waals surface area contributed by atoms with Crippen LogP contribution in [0.15, 0.2) is 77.7 Å². The van der Waals surface area contributed by atoms with E-state index in [4.69, 9.17) is 16.3 Å². The van der Waals surface area contributed by atoms with E-state index in [1.165, 1.54) is 43.5 Å². The lowest BCUT2D eigenvalue weighted by Crippen LogP contribution is -2.41. The predicted octanol–water partition coefficient (Wildman–Crippen LogP) is 3.22. The van der Waals surface area contributed by atoms with Crippen LogP contribution in [0.1, 0.15) is 20.7 Å². The highest BCUT2D eigenvalue weighted by atomic mass is 35.5. The molecule has 3 aromatic carbocycles. The fraction of sp³-hybridized carbons (Fsp3) is 0.0476. The number of sulfonamides is 1. The number of hydrogen-bond acceptors (Lipinski definition) is 5. The highest BCUT2D eigenvalue weighted by Crippen LogP contribution is 2.24. The van der Waals surface area contributed by atoms with Crippen molar-refractivity contribution in [3.8, 4) is 5.75 Å². The van der Waals surface area contributed by atoms with Crippen LogP contribution in [0, 0.1) is 0 Å². The number of halogens is 1. The Hall–Kier alpha value is -3.56. The van der Waals surface area contributed by atoms with Crippen molar-refractivity contribution in [3.05, 3.63) is 88.9 Å². The molecule has 10 heteroatoms. The summed E-state index contributed by atoms with van der Waals surface area (Å²) in [4.78, 5) is 24.6. The summed E-state index contributed by atoms with van der Waals surface area (Å²) in [5, 5.41) is 0.235. The minimum atomic E-state index is -3.99. The molecule has 0 spiro atoms. The number of carbonyl (C=O) groups excluding carboxylic acids is 2. The molecule has 0 radical (unpaired) electrons. The topological polar surface area (TPSA) is 114 Å². The van der Waals surface area contributed by atoms with Crippen molar-refractivity contribution < 1.29 is 22.7 Å². The Kier molecular flexibility index (Phi) is 6.78. The number of amides is 2. The van der Waals surface area contributed by atoms with E-state index in [-0.39, 0.29) is 26.7 Å². The van der Waals surface area contributed by atoms with Gasteiger partial charge in [-0.1, -0.05) is 41.9 Å². The van der Waals surface area contributed by atoms with Gasteiger partial charge in [-0.25, -0.2) is 8.42 Å². The van der Waals surface area contributed by atoms with Gasteiger partial charge in [-0.2, -0.15) is 0 Å². The van der Waals surface area contributed by atoms with Crippen molar-refractivity contribution in [2.75, 3.05) is 11.8 Å². The molecule has 0 aliphatic rings. The summed E-state index contributed by atoms with van der Waals surface area (Å²) in [5.74, 6) is -0.944. The van der Waals surface area contributed by atoms with Crippen LogP contribution < -0.4 is 20.3 Å². The van der Waals surface area contributed by atoms with E-state index in [0.717, 1.165) is 0 Å². The molecule has 0 heterocycles. The van der Waals surface area contributed by atoms with Crippen LogP contribution >= 0.6 is 11.6 Å². The van der Waals surface area contributed by atoms with Crippen LogP contribution in [0.2, 0.25) is 5.02 Å². The number of nitrogens with one attached hydrogen (secondary N) is 3. The molecule has 160 valence electrons. The third-order valence-electron chi connectivity index (χ3n) is 4.17. The molecule has 0 bridgehead atoms. The van der Waals surface area contributed by atoms with E-state index in [0.29, 0.717) is 5.75 Å². The van der Waals surface area contributed by atoms with Gasteiger partial charge in [-0.05, 0) is 42.5 Å². The average Bonchev–Trinajstić information content (AvgIpc) is 2.78. The largest absolute Gasteiger partial charge is 0.496 e. The molecule has 8 nitrogen and oxygen atoms in total. The molecule has 0 atom stereocenters. The van der Waals surface area contributed by atoms with Crippen molar-refractivity contribution in [1.29, 1.82) is 0 Å². The van der Waals surface area contributed by atoms with Gasteiger partial charge in [0, 0.05) is 5.56 Å². The zero-order chi connectivity index (χ0) is 22.4. The summed E-state index contributed by atoms with van der Waals surface area (Å²) in [6.45, 7) is 0. The monoisotopic (exact) mass is 459 g/mol. The summed E-state index contributed by atoms with van der Waals surface area (Å²) in [7, 11) is -2.57. The van der Waals surface area contributed by atoms with E-state index in [2.05, 4.69) is 15.6 Å². The number of carbonyl (C=O) groups is 2. The second-order valence-corrected chi connectivity index (χ2v) is 8.31. The molecule has 3 rings (SSSR count). The van der Waals surface area contributed by atoms with Gasteiger partial charge in [0.05, 0.1) is 28.3 Å². The maximum atomic E-state index is 12.7. The van der Waals surface area contributed by atoms with Crippen LogP contribution in [-0.2, 0) is 10.0 Å². The molecule has 0 saturated heterocycles. The first kappa shape index (κ1) is 22.1. The van der Waals surface area contributed by atoms with Gasteiger partial charge < -0.3 is 4.74 Å². The van der Waals surface area contributed by atoms with E-state index in [9.17, 15) is 18.0 Å². The van der Waals surface area contributed by atoms with Gasteiger partial charge in [0.1, 0.15) is 5.75 Å². The molecular formula is C21H18ClN3O5S. The van der Waals surface area contributed by atoms with Crippen LogP contribution in [-0.4, -0.2) is 27.3 Å². The van der Waals surface area contributed by atoms with Gasteiger partial charge >= 0.3 is 0 Å².